The first kappa shape index (κ1) is 36.1. The molecule has 0 unspecified atom stereocenters. The summed E-state index contributed by atoms with van der Waals surface area (Å²) in [5, 5.41) is 37.0. The van der Waals surface area contributed by atoms with Crippen molar-refractivity contribution in [1.29, 1.82) is 0 Å². The predicted molar refractivity (Wildman–Crippen MR) is 167 cm³/mol. The number of carboxylic acids is 3. The molecular weight excluding hydrogens is 566 g/mol. The quantitative estimate of drug-likeness (QED) is 0.0605. The van der Waals surface area contributed by atoms with Crippen molar-refractivity contribution in [3.05, 3.63) is 63.2 Å². The Bertz CT molecular complexity index is 1240. The third-order valence-electron chi connectivity index (χ3n) is 7.80. The number of aromatic carboxylic acids is 1. The Kier molecular flexibility index (Phi) is 16.4. The minimum atomic E-state index is -1.20. The monoisotopic (exact) mass is 611 g/mol. The lowest BCUT2D eigenvalue weighted by Crippen LogP contribution is -2.06. The number of nitro groups is 1. The van der Waals surface area contributed by atoms with Gasteiger partial charge in [-0.25, -0.2) is 4.79 Å². The number of hydrogen-bond donors (Lipinski definition) is 3. The van der Waals surface area contributed by atoms with Gasteiger partial charge in [-0.3, -0.25) is 24.5 Å². The van der Waals surface area contributed by atoms with Gasteiger partial charge in [0, 0.05) is 36.1 Å². The van der Waals surface area contributed by atoms with Crippen LogP contribution >= 0.6 is 0 Å². The molecule has 2 aromatic rings. The first-order valence-electron chi connectivity index (χ1n) is 15.8. The molecule has 0 heterocycles. The van der Waals surface area contributed by atoms with Crippen molar-refractivity contribution in [3.63, 3.8) is 0 Å². The highest BCUT2D eigenvalue weighted by Gasteiger charge is 2.32. The second-order valence-electron chi connectivity index (χ2n) is 11.3. The van der Waals surface area contributed by atoms with E-state index >= 15 is 0 Å². The van der Waals surface area contributed by atoms with Crippen LogP contribution in [0.2, 0.25) is 0 Å². The normalized spacial score (nSPS) is 11.3. The highest BCUT2D eigenvalue weighted by atomic mass is 16.6. The van der Waals surface area contributed by atoms with Crippen LogP contribution in [0, 0.1) is 10.1 Å². The number of unbranched alkanes of at least 4 members (excludes halogenated alkanes) is 15. The summed E-state index contributed by atoms with van der Waals surface area (Å²) in [5.74, 6) is -3.03. The second-order valence-corrected chi connectivity index (χ2v) is 11.3. The highest BCUT2D eigenvalue weighted by Crippen LogP contribution is 2.39. The van der Waals surface area contributed by atoms with E-state index in [2.05, 4.69) is 0 Å². The van der Waals surface area contributed by atoms with E-state index in [0.717, 1.165) is 25.7 Å². The Morgan fingerprint density at radius 2 is 1.02 bits per heavy atom. The lowest BCUT2D eigenvalue weighted by atomic mass is 10.0. The summed E-state index contributed by atoms with van der Waals surface area (Å²) in [6, 6.07) is 8.49. The largest absolute Gasteiger partial charge is 0.481 e. The molecule has 3 N–H and O–H groups in total. The van der Waals surface area contributed by atoms with Crippen molar-refractivity contribution in [1.82, 2.24) is 0 Å². The molecule has 44 heavy (non-hydrogen) atoms. The molecule has 0 fully saturated rings. The van der Waals surface area contributed by atoms with Gasteiger partial charge in [-0.05, 0) is 36.1 Å². The van der Waals surface area contributed by atoms with Crippen molar-refractivity contribution in [2.24, 2.45) is 0 Å². The maximum absolute atomic E-state index is 12.3. The Morgan fingerprint density at radius 3 is 1.41 bits per heavy atom. The molecule has 0 radical (unpaired) electrons. The summed E-state index contributed by atoms with van der Waals surface area (Å²) < 4.78 is 0. The minimum absolute atomic E-state index is 0.0913. The van der Waals surface area contributed by atoms with Gasteiger partial charge in [0.2, 0.25) is 0 Å². The van der Waals surface area contributed by atoms with Gasteiger partial charge >= 0.3 is 17.9 Å². The Balaban J connectivity index is 0.000000310. The van der Waals surface area contributed by atoms with Crippen molar-refractivity contribution in [2.75, 3.05) is 0 Å². The van der Waals surface area contributed by atoms with Gasteiger partial charge in [0.05, 0.1) is 10.5 Å². The summed E-state index contributed by atoms with van der Waals surface area (Å²) in [6.45, 7) is 0. The number of aliphatic carboxylic acids is 2. The molecule has 0 spiro atoms. The van der Waals surface area contributed by atoms with Crippen LogP contribution in [0.15, 0.2) is 36.4 Å². The summed E-state index contributed by atoms with van der Waals surface area (Å²) in [4.78, 5) is 54.4. The van der Waals surface area contributed by atoms with E-state index in [0.29, 0.717) is 24.0 Å². The molecule has 10 heteroatoms. The molecular formula is C34H45NO9. The zero-order valence-corrected chi connectivity index (χ0v) is 25.4. The van der Waals surface area contributed by atoms with Crippen LogP contribution in [0.4, 0.5) is 5.69 Å². The van der Waals surface area contributed by atoms with Crippen LogP contribution in [-0.4, -0.2) is 43.9 Å². The molecule has 240 valence electrons. The summed E-state index contributed by atoms with van der Waals surface area (Å²) >= 11 is 0. The van der Waals surface area contributed by atoms with Crippen LogP contribution in [0.5, 0.6) is 0 Å². The van der Waals surface area contributed by atoms with E-state index in [1.807, 2.05) is 0 Å². The number of non-ortho nitro benzene ring substituents is 1. The molecule has 0 atom stereocenters. The molecule has 0 amide bonds. The summed E-state index contributed by atoms with van der Waals surface area (Å²) in [7, 11) is 0. The number of carboxylic acid groups (broad SMARTS) is 3. The number of carbonyl (C=O) groups excluding carboxylic acids is 1. The fourth-order valence-corrected chi connectivity index (χ4v) is 5.43. The number of nitrogens with zero attached hydrogens (tertiary/aromatic N) is 1. The fourth-order valence-electron chi connectivity index (χ4n) is 5.43. The topological polar surface area (TPSA) is 172 Å². The van der Waals surface area contributed by atoms with E-state index in [1.165, 1.54) is 101 Å². The van der Waals surface area contributed by atoms with Crippen LogP contribution in [-0.2, 0) is 9.59 Å². The van der Waals surface area contributed by atoms with E-state index in [9.17, 15) is 29.3 Å². The zero-order valence-electron chi connectivity index (χ0n) is 25.4. The lowest BCUT2D eigenvalue weighted by Gasteiger charge is -2.03. The van der Waals surface area contributed by atoms with E-state index in [4.69, 9.17) is 15.3 Å². The molecule has 3 rings (SSSR count). The van der Waals surface area contributed by atoms with Crippen LogP contribution in [0.25, 0.3) is 11.1 Å². The SMILES string of the molecule is O=C(O)CCCCCCCCCCCCCCCCCCC(=O)O.O=C(O)c1cccc2c1C(=O)c1cc([N+](=O)[O-])ccc1-2. The molecule has 0 saturated heterocycles. The minimum Gasteiger partial charge on any atom is -0.481 e. The summed E-state index contributed by atoms with van der Waals surface area (Å²) in [6.07, 6.45) is 19.9. The molecule has 10 nitrogen and oxygen atoms in total. The third kappa shape index (κ3) is 12.7. The van der Waals surface area contributed by atoms with Gasteiger partial charge < -0.3 is 15.3 Å². The van der Waals surface area contributed by atoms with Crippen molar-refractivity contribution in [3.8, 4) is 11.1 Å². The smallest absolute Gasteiger partial charge is 0.336 e. The predicted octanol–water partition coefficient (Wildman–Crippen LogP) is 8.68. The number of nitro benzene ring substituents is 1. The van der Waals surface area contributed by atoms with Gasteiger partial charge in [-0.1, -0.05) is 102 Å². The van der Waals surface area contributed by atoms with Crippen LogP contribution in [0.1, 0.15) is 142 Å². The fraction of sp³-hybridized carbons (Fsp3) is 0.529. The second kappa shape index (κ2) is 20.0. The molecule has 0 saturated carbocycles. The first-order valence-corrected chi connectivity index (χ1v) is 15.8. The highest BCUT2D eigenvalue weighted by molar-refractivity contribution is 6.25. The van der Waals surface area contributed by atoms with Crippen molar-refractivity contribution in [2.45, 2.75) is 116 Å². The molecule has 1 aliphatic rings. The van der Waals surface area contributed by atoms with E-state index in [1.54, 1.807) is 12.1 Å². The maximum Gasteiger partial charge on any atom is 0.336 e. The molecule has 0 aromatic heterocycles. The summed E-state index contributed by atoms with van der Waals surface area (Å²) in [5.41, 5.74) is 1.00. The number of ketones is 1. The lowest BCUT2D eigenvalue weighted by molar-refractivity contribution is -0.384. The number of fused-ring (bicyclic) bond motifs is 3. The van der Waals surface area contributed by atoms with Gasteiger partial charge in [-0.15, -0.1) is 0 Å². The molecule has 0 aliphatic heterocycles. The van der Waals surface area contributed by atoms with Crippen molar-refractivity contribution < 1.29 is 39.4 Å². The van der Waals surface area contributed by atoms with Gasteiger partial charge in [-0.2, -0.15) is 0 Å². The number of hydrogen-bond acceptors (Lipinski definition) is 6. The maximum atomic E-state index is 12.3. The Labute approximate surface area is 258 Å². The van der Waals surface area contributed by atoms with Gasteiger partial charge in [0.1, 0.15) is 0 Å². The van der Waals surface area contributed by atoms with Crippen LogP contribution < -0.4 is 0 Å². The number of carbonyl (C=O) groups is 4. The Morgan fingerprint density at radius 1 is 0.591 bits per heavy atom. The van der Waals surface area contributed by atoms with Crippen LogP contribution in [0.3, 0.4) is 0 Å². The Hall–Kier alpha value is -4.08. The average Bonchev–Trinajstić information content (AvgIpc) is 3.27. The number of benzene rings is 2. The van der Waals surface area contributed by atoms with E-state index in [-0.39, 0.29) is 22.4 Å². The number of rotatable bonds is 21. The molecule has 1 aliphatic carbocycles. The zero-order chi connectivity index (χ0) is 32.3. The standard InChI is InChI=1S/C20H38O4.C14H7NO5/c21-19(22)17-15-13-11-9-7-5-3-1-2-4-6-8-10-12-14-16-18-20(23)24;16-13-11-6-7(15(19)20)4-5-8(11)9-2-1-3-10(12(9)13)14(17)18/h1-18H2,(H,21,22)(H,23,24);1-6H,(H,17,18). The molecule has 0 bridgehead atoms. The van der Waals surface area contributed by atoms with E-state index < -0.39 is 28.6 Å². The third-order valence-corrected chi connectivity index (χ3v) is 7.80. The van der Waals surface area contributed by atoms with Crippen molar-refractivity contribution >= 4 is 29.4 Å². The molecule has 2 aromatic carbocycles. The van der Waals surface area contributed by atoms with Gasteiger partial charge in [0.25, 0.3) is 5.69 Å². The van der Waals surface area contributed by atoms with Gasteiger partial charge in [0.15, 0.2) is 5.78 Å². The first-order chi connectivity index (χ1) is 21.1. The average molecular weight is 612 g/mol.